The Kier molecular flexibility index (Phi) is 4.86. The molecule has 5 nitrogen and oxygen atoms in total. The van der Waals surface area contributed by atoms with Crippen molar-refractivity contribution in [3.63, 3.8) is 0 Å². The van der Waals surface area contributed by atoms with Gasteiger partial charge in [0.2, 0.25) is 0 Å². The molecule has 1 atom stereocenters. The molecule has 0 aromatic heterocycles. The SMILES string of the molecule is CC1(C)OB(OC(B2OC(C)(C)C(C)(C)O2)c2ccccc2)OC1(C)C. The van der Waals surface area contributed by atoms with Crippen molar-refractivity contribution in [2.45, 2.75) is 83.8 Å². The first-order valence-corrected chi connectivity index (χ1v) is 9.26. The average molecular weight is 360 g/mol. The Balaban J connectivity index is 1.85. The second kappa shape index (κ2) is 6.35. The number of hydrogen-bond donors (Lipinski definition) is 0. The lowest BCUT2D eigenvalue weighted by molar-refractivity contribution is 0.00578. The van der Waals surface area contributed by atoms with E-state index in [2.05, 4.69) is 0 Å². The molecule has 3 rings (SSSR count). The van der Waals surface area contributed by atoms with Gasteiger partial charge in [-0.05, 0) is 61.0 Å². The minimum atomic E-state index is -0.788. The van der Waals surface area contributed by atoms with Crippen molar-refractivity contribution in [1.82, 2.24) is 0 Å². The van der Waals surface area contributed by atoms with Gasteiger partial charge in [0, 0.05) is 0 Å². The van der Waals surface area contributed by atoms with Gasteiger partial charge in [-0.3, -0.25) is 0 Å². The molecule has 2 aliphatic rings. The van der Waals surface area contributed by atoms with Crippen LogP contribution in [0.4, 0.5) is 0 Å². The highest BCUT2D eigenvalue weighted by Gasteiger charge is 2.58. The van der Waals surface area contributed by atoms with Gasteiger partial charge < -0.3 is 23.3 Å². The van der Waals surface area contributed by atoms with Crippen LogP contribution in [0, 0.1) is 0 Å². The van der Waals surface area contributed by atoms with Crippen molar-refractivity contribution in [3.8, 4) is 0 Å². The third-order valence-electron chi connectivity index (χ3n) is 6.14. The Labute approximate surface area is 158 Å². The van der Waals surface area contributed by atoms with Crippen LogP contribution < -0.4 is 0 Å². The fraction of sp³-hybridized carbons (Fsp3) is 0.684. The lowest BCUT2D eigenvalue weighted by Gasteiger charge is -2.32. The minimum absolute atomic E-state index is 0.440. The predicted molar refractivity (Wildman–Crippen MR) is 102 cm³/mol. The van der Waals surface area contributed by atoms with E-state index < -0.39 is 42.8 Å². The van der Waals surface area contributed by atoms with E-state index >= 15 is 0 Å². The van der Waals surface area contributed by atoms with Gasteiger partial charge in [0.1, 0.15) is 6.00 Å². The van der Waals surface area contributed by atoms with Gasteiger partial charge in [0.25, 0.3) is 0 Å². The minimum Gasteiger partial charge on any atom is -0.401 e. The molecule has 0 amide bonds. The molecule has 0 saturated carbocycles. The Morgan fingerprint density at radius 1 is 0.692 bits per heavy atom. The molecule has 2 heterocycles. The molecule has 2 fully saturated rings. The smallest absolute Gasteiger partial charge is 0.401 e. The molecule has 1 unspecified atom stereocenters. The number of benzene rings is 1. The van der Waals surface area contributed by atoms with Gasteiger partial charge in [-0.2, -0.15) is 0 Å². The molecule has 26 heavy (non-hydrogen) atoms. The molecule has 1 aromatic carbocycles. The van der Waals surface area contributed by atoms with Crippen LogP contribution in [0.25, 0.3) is 0 Å². The van der Waals surface area contributed by atoms with Gasteiger partial charge in [-0.25, -0.2) is 0 Å². The lowest BCUT2D eigenvalue weighted by atomic mass is 9.76. The summed E-state index contributed by atoms with van der Waals surface area (Å²) < 4.78 is 30.8. The van der Waals surface area contributed by atoms with Gasteiger partial charge >= 0.3 is 14.4 Å². The van der Waals surface area contributed by atoms with E-state index in [0.29, 0.717) is 0 Å². The van der Waals surface area contributed by atoms with Crippen LogP contribution >= 0.6 is 0 Å². The third kappa shape index (κ3) is 3.48. The Morgan fingerprint density at radius 3 is 1.58 bits per heavy atom. The zero-order valence-electron chi connectivity index (χ0n) is 17.2. The highest BCUT2D eigenvalue weighted by atomic mass is 16.8. The first-order chi connectivity index (χ1) is 11.8. The molecule has 1 aromatic rings. The van der Waals surface area contributed by atoms with Crippen LogP contribution in [0.15, 0.2) is 30.3 Å². The maximum absolute atomic E-state index is 6.24. The number of hydrogen-bond acceptors (Lipinski definition) is 5. The average Bonchev–Trinajstić information content (AvgIpc) is 2.85. The normalized spacial score (nSPS) is 26.9. The first kappa shape index (κ1) is 19.9. The molecule has 142 valence electrons. The molecule has 0 spiro atoms. The lowest BCUT2D eigenvalue weighted by Crippen LogP contribution is -2.41. The van der Waals surface area contributed by atoms with E-state index in [1.165, 1.54) is 0 Å². The van der Waals surface area contributed by atoms with Gasteiger partial charge in [0.15, 0.2) is 0 Å². The van der Waals surface area contributed by atoms with Crippen molar-refractivity contribution in [2.75, 3.05) is 0 Å². The van der Waals surface area contributed by atoms with Crippen molar-refractivity contribution in [2.24, 2.45) is 0 Å². The molecule has 7 heteroatoms. The molecule has 2 aliphatic heterocycles. The summed E-state index contributed by atoms with van der Waals surface area (Å²) in [5, 5.41) is 0. The second-order valence-electron chi connectivity index (χ2n) is 9.14. The van der Waals surface area contributed by atoms with Crippen LogP contribution in [0.3, 0.4) is 0 Å². The van der Waals surface area contributed by atoms with E-state index in [4.69, 9.17) is 23.3 Å². The Morgan fingerprint density at radius 2 is 1.12 bits per heavy atom. The Hall–Kier alpha value is -0.850. The van der Waals surface area contributed by atoms with Crippen LogP contribution in [0.1, 0.15) is 67.0 Å². The van der Waals surface area contributed by atoms with Gasteiger partial charge in [0.05, 0.1) is 22.4 Å². The summed E-state index contributed by atoms with van der Waals surface area (Å²) in [4.78, 5) is 0. The monoisotopic (exact) mass is 360 g/mol. The third-order valence-corrected chi connectivity index (χ3v) is 6.14. The van der Waals surface area contributed by atoms with Crippen LogP contribution in [-0.2, 0) is 23.3 Å². The van der Waals surface area contributed by atoms with E-state index in [9.17, 15) is 0 Å². The fourth-order valence-corrected chi connectivity index (χ4v) is 2.92. The summed E-state index contributed by atoms with van der Waals surface area (Å²) in [6.45, 7) is 16.1. The van der Waals surface area contributed by atoms with E-state index in [-0.39, 0.29) is 0 Å². The van der Waals surface area contributed by atoms with Crippen LogP contribution in [-0.4, -0.2) is 36.8 Å². The molecule has 0 bridgehead atoms. The Bertz CT molecular complexity index is 613. The standard InChI is InChI=1S/C19H30B2O5/c1-16(2)17(3,4)24-20(23-16)15(14-12-10-9-11-13-14)22-21-25-18(5,6)19(7,8)26-21/h9-13,15H,1-8H3. The van der Waals surface area contributed by atoms with Crippen LogP contribution in [0.2, 0.25) is 0 Å². The molecular formula is C19H30B2O5. The van der Waals surface area contributed by atoms with E-state index in [1.54, 1.807) is 0 Å². The molecule has 2 saturated heterocycles. The van der Waals surface area contributed by atoms with E-state index in [1.807, 2.05) is 85.7 Å². The topological polar surface area (TPSA) is 46.2 Å². The molecule has 0 aliphatic carbocycles. The van der Waals surface area contributed by atoms with Crippen molar-refractivity contribution >= 4 is 14.4 Å². The first-order valence-electron chi connectivity index (χ1n) is 9.26. The molecule has 0 N–H and O–H groups in total. The summed E-state index contributed by atoms with van der Waals surface area (Å²) >= 11 is 0. The molecular weight excluding hydrogens is 330 g/mol. The summed E-state index contributed by atoms with van der Waals surface area (Å²) in [6, 6.07) is 9.45. The second-order valence-corrected chi connectivity index (χ2v) is 9.14. The summed E-state index contributed by atoms with van der Waals surface area (Å²) in [6.07, 6.45) is 0. The van der Waals surface area contributed by atoms with Gasteiger partial charge in [-0.1, -0.05) is 30.3 Å². The molecule has 0 radical (unpaired) electrons. The summed E-state index contributed by atoms with van der Waals surface area (Å²) in [5.74, 6) is 0. The predicted octanol–water partition coefficient (Wildman–Crippen LogP) is 3.96. The zero-order chi connectivity index (χ0) is 19.4. The quantitative estimate of drug-likeness (QED) is 0.761. The highest BCUT2D eigenvalue weighted by Crippen LogP contribution is 2.43. The van der Waals surface area contributed by atoms with Crippen LogP contribution in [0.5, 0.6) is 0 Å². The largest absolute Gasteiger partial charge is 0.640 e. The maximum Gasteiger partial charge on any atom is 0.640 e. The summed E-state index contributed by atoms with van der Waals surface area (Å²) in [7, 11) is -1.34. The highest BCUT2D eigenvalue weighted by molar-refractivity contribution is 6.49. The summed E-state index contributed by atoms with van der Waals surface area (Å²) in [5.41, 5.74) is -0.849. The van der Waals surface area contributed by atoms with Gasteiger partial charge in [-0.15, -0.1) is 0 Å². The van der Waals surface area contributed by atoms with Crippen molar-refractivity contribution < 1.29 is 23.3 Å². The fourth-order valence-electron chi connectivity index (χ4n) is 2.92. The van der Waals surface area contributed by atoms with E-state index in [0.717, 1.165) is 5.56 Å². The zero-order valence-corrected chi connectivity index (χ0v) is 17.2. The van der Waals surface area contributed by atoms with Crippen molar-refractivity contribution in [1.29, 1.82) is 0 Å². The number of rotatable bonds is 4. The maximum atomic E-state index is 6.24. The van der Waals surface area contributed by atoms with Crippen molar-refractivity contribution in [3.05, 3.63) is 35.9 Å².